The number of hydrogen-bond donors (Lipinski definition) is 0. The summed E-state index contributed by atoms with van der Waals surface area (Å²) >= 11 is 0. The molecule has 1 aliphatic rings. The van der Waals surface area contributed by atoms with Crippen LogP contribution in [0.4, 0.5) is 0 Å². The highest BCUT2D eigenvalue weighted by Gasteiger charge is 2.25. The summed E-state index contributed by atoms with van der Waals surface area (Å²) in [4.78, 5) is 4.29. The van der Waals surface area contributed by atoms with E-state index >= 15 is 0 Å². The van der Waals surface area contributed by atoms with Gasteiger partial charge in [0.2, 0.25) is 10.0 Å². The van der Waals surface area contributed by atoms with Crippen LogP contribution in [-0.4, -0.2) is 37.1 Å². The van der Waals surface area contributed by atoms with Crippen molar-refractivity contribution in [2.75, 3.05) is 19.3 Å². The molecule has 1 saturated heterocycles. The fourth-order valence-corrected chi connectivity index (χ4v) is 3.25. The monoisotopic (exact) mass is 254 g/mol. The van der Waals surface area contributed by atoms with Gasteiger partial charge < -0.3 is 0 Å². The molecular weight excluding hydrogens is 236 g/mol. The van der Waals surface area contributed by atoms with Gasteiger partial charge in [0.25, 0.3) is 0 Å². The van der Waals surface area contributed by atoms with Crippen molar-refractivity contribution in [3.8, 4) is 0 Å². The Morgan fingerprint density at radius 1 is 1.47 bits per heavy atom. The van der Waals surface area contributed by atoms with Crippen LogP contribution < -0.4 is 0 Å². The van der Waals surface area contributed by atoms with Crippen molar-refractivity contribution in [1.29, 1.82) is 0 Å². The number of aromatic nitrogens is 1. The second-order valence-electron chi connectivity index (χ2n) is 4.65. The minimum Gasteiger partial charge on any atom is -0.261 e. The molecule has 0 spiro atoms. The summed E-state index contributed by atoms with van der Waals surface area (Å²) in [6.07, 6.45) is 5.97. The summed E-state index contributed by atoms with van der Waals surface area (Å²) in [5.74, 6) is 0.397. The number of nitrogens with zero attached hydrogens (tertiary/aromatic N) is 2. The van der Waals surface area contributed by atoms with Crippen LogP contribution in [0, 0.1) is 5.92 Å². The van der Waals surface area contributed by atoms with E-state index in [0.29, 0.717) is 19.0 Å². The first-order valence-corrected chi connectivity index (χ1v) is 7.75. The third-order valence-corrected chi connectivity index (χ3v) is 4.44. The maximum absolute atomic E-state index is 11.5. The maximum Gasteiger partial charge on any atom is 0.211 e. The van der Waals surface area contributed by atoms with E-state index in [1.54, 1.807) is 10.5 Å². The molecule has 1 aromatic heterocycles. The number of sulfonamides is 1. The lowest BCUT2D eigenvalue weighted by Gasteiger charge is -2.30. The van der Waals surface area contributed by atoms with Crippen molar-refractivity contribution >= 4 is 10.0 Å². The minimum atomic E-state index is -3.04. The third-order valence-electron chi connectivity index (χ3n) is 3.17. The van der Waals surface area contributed by atoms with Crippen LogP contribution >= 0.6 is 0 Å². The average molecular weight is 254 g/mol. The molecule has 0 amide bonds. The Hall–Kier alpha value is -0.940. The summed E-state index contributed by atoms with van der Waals surface area (Å²) in [5.41, 5.74) is 1.05. The Bertz CT molecular complexity index is 459. The molecule has 2 rings (SSSR count). The zero-order valence-electron chi connectivity index (χ0n) is 10.0. The second kappa shape index (κ2) is 5.14. The lowest BCUT2D eigenvalue weighted by molar-refractivity contribution is 0.265. The number of rotatable bonds is 3. The van der Waals surface area contributed by atoms with Gasteiger partial charge >= 0.3 is 0 Å². The van der Waals surface area contributed by atoms with Crippen molar-refractivity contribution in [3.63, 3.8) is 0 Å². The molecule has 0 bridgehead atoms. The van der Waals surface area contributed by atoms with Crippen LogP contribution in [-0.2, 0) is 16.4 Å². The van der Waals surface area contributed by atoms with Crippen LogP contribution in [0.3, 0.4) is 0 Å². The highest BCUT2D eigenvalue weighted by molar-refractivity contribution is 7.88. The lowest BCUT2D eigenvalue weighted by atomic mass is 9.94. The van der Waals surface area contributed by atoms with E-state index in [4.69, 9.17) is 0 Å². The molecular formula is C12H18N2O2S. The normalized spacial score (nSPS) is 22.5. The van der Waals surface area contributed by atoms with Crippen molar-refractivity contribution in [2.24, 2.45) is 5.92 Å². The zero-order chi connectivity index (χ0) is 12.3. The first-order chi connectivity index (χ1) is 8.05. The maximum atomic E-state index is 11.5. The molecule has 17 heavy (non-hydrogen) atoms. The van der Waals surface area contributed by atoms with Gasteiger partial charge in [0.15, 0.2) is 0 Å². The first kappa shape index (κ1) is 12.5. The lowest BCUT2D eigenvalue weighted by Crippen LogP contribution is -2.39. The molecule has 0 saturated carbocycles. The molecule has 94 valence electrons. The van der Waals surface area contributed by atoms with Gasteiger partial charge in [-0.15, -0.1) is 0 Å². The van der Waals surface area contributed by atoms with Gasteiger partial charge in [0.1, 0.15) is 0 Å². The number of pyridine rings is 1. The molecule has 1 atom stereocenters. The van der Waals surface area contributed by atoms with E-state index in [0.717, 1.165) is 25.0 Å². The van der Waals surface area contributed by atoms with Crippen LogP contribution in [0.5, 0.6) is 0 Å². The number of hydrogen-bond acceptors (Lipinski definition) is 3. The summed E-state index contributed by atoms with van der Waals surface area (Å²) < 4.78 is 24.6. The fourth-order valence-electron chi connectivity index (χ4n) is 2.31. The summed E-state index contributed by atoms with van der Waals surface area (Å²) in [6.45, 7) is 1.30. The molecule has 4 nitrogen and oxygen atoms in total. The Morgan fingerprint density at radius 2 is 2.29 bits per heavy atom. The zero-order valence-corrected chi connectivity index (χ0v) is 10.9. The van der Waals surface area contributed by atoms with E-state index in [1.165, 1.54) is 6.26 Å². The Kier molecular flexibility index (Phi) is 3.79. The van der Waals surface area contributed by atoms with Gasteiger partial charge in [-0.25, -0.2) is 12.7 Å². The first-order valence-electron chi connectivity index (χ1n) is 5.91. The van der Waals surface area contributed by atoms with E-state index < -0.39 is 10.0 Å². The Morgan fingerprint density at radius 3 is 2.94 bits per heavy atom. The summed E-state index contributed by atoms with van der Waals surface area (Å²) in [5, 5.41) is 0. The molecule has 1 aliphatic heterocycles. The summed E-state index contributed by atoms with van der Waals surface area (Å²) in [7, 11) is -3.04. The SMILES string of the molecule is CS(=O)(=O)N1CCC[C@H](Cc2ccccn2)C1. The topological polar surface area (TPSA) is 50.3 Å². The molecule has 0 aliphatic carbocycles. The molecule has 1 aromatic rings. The average Bonchev–Trinajstić information content (AvgIpc) is 2.29. The molecule has 0 unspecified atom stereocenters. The smallest absolute Gasteiger partial charge is 0.211 e. The number of piperidine rings is 1. The van der Waals surface area contributed by atoms with Crippen LogP contribution in [0.25, 0.3) is 0 Å². The summed E-state index contributed by atoms with van der Waals surface area (Å²) in [6, 6.07) is 5.87. The van der Waals surface area contributed by atoms with Gasteiger partial charge in [-0.05, 0) is 37.3 Å². The molecule has 0 N–H and O–H groups in total. The van der Waals surface area contributed by atoms with E-state index in [9.17, 15) is 8.42 Å². The molecule has 0 radical (unpaired) electrons. The Labute approximate surface area is 103 Å². The molecule has 5 heteroatoms. The van der Waals surface area contributed by atoms with Crippen LogP contribution in [0.15, 0.2) is 24.4 Å². The van der Waals surface area contributed by atoms with Gasteiger partial charge in [-0.1, -0.05) is 6.07 Å². The fraction of sp³-hybridized carbons (Fsp3) is 0.583. The minimum absolute atomic E-state index is 0.397. The highest BCUT2D eigenvalue weighted by atomic mass is 32.2. The molecule has 2 heterocycles. The second-order valence-corrected chi connectivity index (χ2v) is 6.64. The van der Waals surface area contributed by atoms with Crippen LogP contribution in [0.1, 0.15) is 18.5 Å². The van der Waals surface area contributed by atoms with Gasteiger partial charge in [0.05, 0.1) is 6.26 Å². The van der Waals surface area contributed by atoms with Crippen molar-refractivity contribution in [2.45, 2.75) is 19.3 Å². The van der Waals surface area contributed by atoms with E-state index in [1.807, 2.05) is 18.2 Å². The third kappa shape index (κ3) is 3.51. The largest absolute Gasteiger partial charge is 0.261 e. The van der Waals surface area contributed by atoms with E-state index in [-0.39, 0.29) is 0 Å². The van der Waals surface area contributed by atoms with Gasteiger partial charge in [0, 0.05) is 25.0 Å². The quantitative estimate of drug-likeness (QED) is 0.817. The van der Waals surface area contributed by atoms with Gasteiger partial charge in [-0.3, -0.25) is 4.98 Å². The van der Waals surface area contributed by atoms with Gasteiger partial charge in [-0.2, -0.15) is 0 Å². The van der Waals surface area contributed by atoms with Crippen molar-refractivity contribution < 1.29 is 8.42 Å². The predicted octanol–water partition coefficient (Wildman–Crippen LogP) is 1.30. The standard InChI is InChI=1S/C12H18N2O2S/c1-17(15,16)14-8-4-5-11(10-14)9-12-6-2-3-7-13-12/h2-3,6-7,11H,4-5,8-10H2,1H3/t11-/m1/s1. The molecule has 1 fully saturated rings. The van der Waals surface area contributed by atoms with Crippen molar-refractivity contribution in [1.82, 2.24) is 9.29 Å². The van der Waals surface area contributed by atoms with Crippen LogP contribution in [0.2, 0.25) is 0 Å². The Balaban J connectivity index is 1.99. The predicted molar refractivity (Wildman–Crippen MR) is 67.1 cm³/mol. The highest BCUT2D eigenvalue weighted by Crippen LogP contribution is 2.21. The molecule has 0 aromatic carbocycles. The van der Waals surface area contributed by atoms with Crippen molar-refractivity contribution in [3.05, 3.63) is 30.1 Å². The van der Waals surface area contributed by atoms with E-state index in [2.05, 4.69) is 4.98 Å².